The number of fused-ring (bicyclic) bond motifs is 3. The van der Waals surface area contributed by atoms with Gasteiger partial charge in [0, 0.05) is 11.4 Å². The highest BCUT2D eigenvalue weighted by atomic mass is 35.5. The Labute approximate surface area is 144 Å². The molecule has 0 fully saturated rings. The van der Waals surface area contributed by atoms with Crippen LogP contribution in [0.5, 0.6) is 0 Å². The first-order chi connectivity index (χ1) is 11.2. The first-order valence-electron chi connectivity index (χ1n) is 7.96. The van der Waals surface area contributed by atoms with Crippen molar-refractivity contribution in [2.24, 2.45) is 0 Å². The summed E-state index contributed by atoms with van der Waals surface area (Å²) in [5.74, 6) is 0.0381. The van der Waals surface area contributed by atoms with E-state index in [0.29, 0.717) is 5.02 Å². The lowest BCUT2D eigenvalue weighted by Crippen LogP contribution is -3.11. The molecule has 2 atom stereocenters. The van der Waals surface area contributed by atoms with Crippen molar-refractivity contribution in [3.05, 3.63) is 50.9 Å². The number of hydrogen-bond donors (Lipinski definition) is 3. The van der Waals surface area contributed by atoms with Gasteiger partial charge in [0.15, 0.2) is 0 Å². The van der Waals surface area contributed by atoms with Crippen molar-refractivity contribution in [3.63, 3.8) is 0 Å². The minimum atomic E-state index is -0.193. The Kier molecular flexibility index (Phi) is 3.79. The number of rotatable bonds is 2. The number of halogens is 1. The van der Waals surface area contributed by atoms with Crippen LogP contribution in [-0.4, -0.2) is 19.0 Å². The Hall–Kier alpha value is -1.56. The monoisotopic (exact) mass is 348 g/mol. The molecule has 4 nitrogen and oxygen atoms in total. The van der Waals surface area contributed by atoms with Crippen molar-refractivity contribution in [2.45, 2.75) is 26.1 Å². The predicted octanol–water partition coefficient (Wildman–Crippen LogP) is 2.22. The molecule has 1 aromatic carbocycles. The third-order valence-corrected chi connectivity index (χ3v) is 6.13. The molecular formula is C17H19ClN3OS+. The van der Waals surface area contributed by atoms with Crippen molar-refractivity contribution in [1.29, 1.82) is 0 Å². The van der Waals surface area contributed by atoms with Gasteiger partial charge >= 0.3 is 0 Å². The molecular weight excluding hydrogens is 330 g/mol. The molecule has 120 valence electrons. The molecule has 3 heterocycles. The quantitative estimate of drug-likeness (QED) is 0.779. The van der Waals surface area contributed by atoms with Gasteiger partial charge in [-0.25, -0.2) is 0 Å². The van der Waals surface area contributed by atoms with Crippen LogP contribution in [0, 0.1) is 0 Å². The predicted molar refractivity (Wildman–Crippen MR) is 93.4 cm³/mol. The Balaban J connectivity index is 1.66. The summed E-state index contributed by atoms with van der Waals surface area (Å²) in [5, 5.41) is 8.27. The summed E-state index contributed by atoms with van der Waals surface area (Å²) in [7, 11) is 0. The van der Waals surface area contributed by atoms with Gasteiger partial charge in [0.05, 0.1) is 23.5 Å². The van der Waals surface area contributed by atoms with Crippen LogP contribution in [0.1, 0.15) is 39.5 Å². The lowest BCUT2D eigenvalue weighted by atomic mass is 10.0. The number of thiophene rings is 1. The number of carbonyl (C=O) groups excluding carboxylic acids is 1. The molecule has 6 heteroatoms. The van der Waals surface area contributed by atoms with Crippen LogP contribution in [0.25, 0.3) is 0 Å². The zero-order valence-electron chi connectivity index (χ0n) is 12.9. The van der Waals surface area contributed by atoms with E-state index in [1.807, 2.05) is 24.3 Å². The normalized spacial score (nSPS) is 22.8. The molecule has 3 N–H and O–H groups in total. The van der Waals surface area contributed by atoms with Gasteiger partial charge in [-0.1, -0.05) is 23.7 Å². The zero-order valence-corrected chi connectivity index (χ0v) is 14.5. The first kappa shape index (κ1) is 15.0. The topological polar surface area (TPSA) is 45.6 Å². The minimum absolute atomic E-state index is 0.0381. The van der Waals surface area contributed by atoms with Crippen LogP contribution in [0.15, 0.2) is 24.3 Å². The Morgan fingerprint density at radius 2 is 2.09 bits per heavy atom. The number of benzene rings is 1. The molecule has 23 heavy (non-hydrogen) atoms. The molecule has 0 saturated heterocycles. The number of anilines is 1. The number of quaternary nitrogens is 1. The van der Waals surface area contributed by atoms with E-state index in [2.05, 4.69) is 17.6 Å². The van der Waals surface area contributed by atoms with Gasteiger partial charge in [0.25, 0.3) is 5.91 Å². The zero-order chi connectivity index (χ0) is 16.0. The average molecular weight is 349 g/mol. The summed E-state index contributed by atoms with van der Waals surface area (Å²) < 4.78 is 0. The van der Waals surface area contributed by atoms with Crippen molar-refractivity contribution in [2.75, 3.05) is 18.4 Å². The fourth-order valence-corrected chi connectivity index (χ4v) is 4.84. The highest BCUT2D eigenvalue weighted by Crippen LogP contribution is 2.39. The molecule has 2 aliphatic rings. The molecule has 1 unspecified atom stereocenters. The fourth-order valence-electron chi connectivity index (χ4n) is 3.37. The van der Waals surface area contributed by atoms with Crippen LogP contribution in [0.3, 0.4) is 0 Å². The van der Waals surface area contributed by atoms with Crippen LogP contribution in [0.4, 0.5) is 5.00 Å². The molecule has 0 aliphatic carbocycles. The molecule has 0 radical (unpaired) electrons. The number of hydrogen-bond acceptors (Lipinski definition) is 3. The van der Waals surface area contributed by atoms with Gasteiger partial charge in [-0.15, -0.1) is 11.3 Å². The van der Waals surface area contributed by atoms with E-state index in [1.165, 1.54) is 10.4 Å². The van der Waals surface area contributed by atoms with Gasteiger partial charge in [-0.05, 0) is 30.2 Å². The van der Waals surface area contributed by atoms with E-state index >= 15 is 0 Å². The van der Waals surface area contributed by atoms with E-state index in [0.717, 1.165) is 42.2 Å². The maximum Gasteiger partial charge on any atom is 0.256 e. The second-order valence-electron chi connectivity index (χ2n) is 6.09. The summed E-state index contributed by atoms with van der Waals surface area (Å²) in [5.41, 5.74) is 3.13. The Morgan fingerprint density at radius 3 is 2.83 bits per heavy atom. The number of carbonyl (C=O) groups is 1. The van der Waals surface area contributed by atoms with Gasteiger partial charge in [-0.3, -0.25) is 4.79 Å². The molecule has 0 bridgehead atoms. The summed E-state index contributed by atoms with van der Waals surface area (Å²) in [4.78, 5) is 15.6. The van der Waals surface area contributed by atoms with Crippen LogP contribution in [-0.2, 0) is 13.0 Å². The lowest BCUT2D eigenvalue weighted by Gasteiger charge is -2.27. The first-order valence-corrected chi connectivity index (χ1v) is 9.16. The van der Waals surface area contributed by atoms with E-state index in [4.69, 9.17) is 11.6 Å². The summed E-state index contributed by atoms with van der Waals surface area (Å²) in [6, 6.07) is 7.59. The Bertz CT molecular complexity index is 756. The lowest BCUT2D eigenvalue weighted by molar-refractivity contribution is -0.913. The van der Waals surface area contributed by atoms with E-state index in [-0.39, 0.29) is 12.1 Å². The molecule has 0 saturated carbocycles. The number of amides is 1. The largest absolute Gasteiger partial charge is 0.353 e. The second-order valence-corrected chi connectivity index (χ2v) is 7.63. The van der Waals surface area contributed by atoms with E-state index in [1.54, 1.807) is 16.2 Å². The smallest absolute Gasteiger partial charge is 0.256 e. The maximum absolute atomic E-state index is 12.6. The standard InChI is InChI=1S/C17H18ClN3OS/c1-2-21-8-7-12-13(9-21)23-17-14(12)16(22)19-15(20-17)10-3-5-11(18)6-4-10/h3-6,15,20H,2,7-9H2,1H3,(H,19,22)/p+1/t15-/m1/s1. The average Bonchev–Trinajstić information content (AvgIpc) is 2.93. The van der Waals surface area contributed by atoms with Gasteiger partial charge in [-0.2, -0.15) is 0 Å². The number of nitrogens with one attached hydrogen (secondary N) is 3. The molecule has 0 spiro atoms. The van der Waals surface area contributed by atoms with E-state index < -0.39 is 0 Å². The summed E-state index contributed by atoms with van der Waals surface area (Å²) in [6.45, 7) is 5.50. The van der Waals surface area contributed by atoms with Crippen molar-refractivity contribution < 1.29 is 9.69 Å². The highest BCUT2D eigenvalue weighted by molar-refractivity contribution is 7.16. The van der Waals surface area contributed by atoms with E-state index in [9.17, 15) is 4.79 Å². The molecule has 2 aromatic rings. The molecule has 4 rings (SSSR count). The van der Waals surface area contributed by atoms with Crippen LogP contribution >= 0.6 is 22.9 Å². The van der Waals surface area contributed by atoms with Gasteiger partial charge < -0.3 is 15.5 Å². The van der Waals surface area contributed by atoms with Crippen LogP contribution < -0.4 is 15.5 Å². The van der Waals surface area contributed by atoms with Crippen molar-refractivity contribution in [1.82, 2.24) is 5.32 Å². The van der Waals surface area contributed by atoms with Gasteiger partial charge in [0.1, 0.15) is 17.7 Å². The summed E-state index contributed by atoms with van der Waals surface area (Å²) in [6.07, 6.45) is 0.799. The Morgan fingerprint density at radius 1 is 1.30 bits per heavy atom. The molecule has 1 amide bonds. The second kappa shape index (κ2) is 5.82. The fraction of sp³-hybridized carbons (Fsp3) is 0.353. The van der Waals surface area contributed by atoms with Crippen molar-refractivity contribution >= 4 is 33.8 Å². The van der Waals surface area contributed by atoms with Crippen LogP contribution in [0.2, 0.25) is 5.02 Å². The molecule has 2 aliphatic heterocycles. The van der Waals surface area contributed by atoms with Gasteiger partial charge in [0.2, 0.25) is 0 Å². The van der Waals surface area contributed by atoms with Crippen molar-refractivity contribution in [3.8, 4) is 0 Å². The highest BCUT2D eigenvalue weighted by Gasteiger charge is 2.34. The third kappa shape index (κ3) is 2.63. The third-order valence-electron chi connectivity index (χ3n) is 4.71. The molecule has 1 aromatic heterocycles. The maximum atomic E-state index is 12.6. The minimum Gasteiger partial charge on any atom is -0.353 e. The summed E-state index contributed by atoms with van der Waals surface area (Å²) >= 11 is 7.69. The SMILES string of the molecule is CC[NH+]1CCc2c(sc3c2C(=O)N[C@@H](c2ccc(Cl)cc2)N3)C1. The number of likely N-dealkylation sites (N-methyl/N-ethyl adjacent to an activating group) is 1.